The minimum atomic E-state index is -0.186. The lowest BCUT2D eigenvalue weighted by Crippen LogP contribution is -2.29. The van der Waals surface area contributed by atoms with Crippen LogP contribution in [0.3, 0.4) is 0 Å². The highest BCUT2D eigenvalue weighted by molar-refractivity contribution is 7.99. The normalized spacial score (nSPS) is 18.2. The molecule has 1 saturated heterocycles. The van der Waals surface area contributed by atoms with Gasteiger partial charge in [-0.3, -0.25) is 4.98 Å². The summed E-state index contributed by atoms with van der Waals surface area (Å²) in [4.78, 5) is 7.77. The van der Waals surface area contributed by atoms with Gasteiger partial charge in [0.25, 0.3) is 0 Å². The van der Waals surface area contributed by atoms with E-state index in [9.17, 15) is 0 Å². The van der Waals surface area contributed by atoms with Gasteiger partial charge in [-0.05, 0) is 72.9 Å². The molecule has 3 heterocycles. The zero-order valence-corrected chi connectivity index (χ0v) is 18.7. The fourth-order valence-electron chi connectivity index (χ4n) is 3.68. The number of aromatic nitrogens is 1. The van der Waals surface area contributed by atoms with Crippen LogP contribution in [0.2, 0.25) is 5.02 Å². The quantitative estimate of drug-likeness (QED) is 0.334. The Morgan fingerprint density at radius 1 is 0.935 bits per heavy atom. The van der Waals surface area contributed by atoms with E-state index in [0.29, 0.717) is 10.1 Å². The topological polar surface area (TPSA) is 41.3 Å². The van der Waals surface area contributed by atoms with Gasteiger partial charge in [0.05, 0.1) is 11.7 Å². The Balaban J connectivity index is 1.53. The first-order chi connectivity index (χ1) is 15.2. The largest absolute Gasteiger partial charge is 0.452 e. The molecule has 0 radical (unpaired) electrons. The number of pyridine rings is 1. The molecule has 5 rings (SSSR count). The molecule has 0 spiro atoms. The van der Waals surface area contributed by atoms with E-state index in [1.807, 2.05) is 72.8 Å². The molecule has 0 unspecified atom stereocenters. The fraction of sp³-hybridized carbons (Fsp3) is 0.0833. The lowest BCUT2D eigenvalue weighted by molar-refractivity contribution is 0.383. The van der Waals surface area contributed by atoms with Crippen molar-refractivity contribution in [3.8, 4) is 0 Å². The second kappa shape index (κ2) is 8.75. The van der Waals surface area contributed by atoms with Crippen LogP contribution in [-0.2, 0) is 0 Å². The lowest BCUT2D eigenvalue weighted by Gasteiger charge is -2.26. The summed E-state index contributed by atoms with van der Waals surface area (Å²) in [6.07, 6.45) is 1.79. The van der Waals surface area contributed by atoms with Gasteiger partial charge in [0.1, 0.15) is 11.8 Å². The smallest absolute Gasteiger partial charge is 0.174 e. The summed E-state index contributed by atoms with van der Waals surface area (Å²) in [5.74, 6) is 0.816. The minimum Gasteiger partial charge on any atom is -0.452 e. The monoisotopic (exact) mass is 463 g/mol. The number of furan rings is 1. The molecule has 2 aromatic carbocycles. The fourth-order valence-corrected chi connectivity index (χ4v) is 4.95. The third-order valence-corrected chi connectivity index (χ3v) is 6.55. The van der Waals surface area contributed by atoms with E-state index >= 15 is 0 Å². The van der Waals surface area contributed by atoms with Gasteiger partial charge in [-0.1, -0.05) is 47.6 Å². The van der Waals surface area contributed by atoms with Crippen molar-refractivity contribution in [1.82, 2.24) is 10.3 Å². The van der Waals surface area contributed by atoms with Gasteiger partial charge in [0.15, 0.2) is 10.2 Å². The second-order valence-corrected chi connectivity index (χ2v) is 8.95. The zero-order valence-electron chi connectivity index (χ0n) is 16.3. The molecule has 154 valence electrons. The summed E-state index contributed by atoms with van der Waals surface area (Å²) < 4.78 is 6.31. The number of thiocarbonyl (C=S) groups is 1. The van der Waals surface area contributed by atoms with Crippen molar-refractivity contribution in [2.45, 2.75) is 22.1 Å². The first kappa shape index (κ1) is 20.1. The van der Waals surface area contributed by atoms with Crippen molar-refractivity contribution >= 4 is 46.4 Å². The first-order valence-corrected chi connectivity index (χ1v) is 11.4. The van der Waals surface area contributed by atoms with E-state index < -0.39 is 0 Å². The summed E-state index contributed by atoms with van der Waals surface area (Å²) in [5.41, 5.74) is 1.85. The van der Waals surface area contributed by atoms with Gasteiger partial charge in [-0.2, -0.15) is 0 Å². The molecule has 4 aromatic rings. The number of anilines is 1. The van der Waals surface area contributed by atoms with Crippen molar-refractivity contribution in [3.05, 3.63) is 108 Å². The van der Waals surface area contributed by atoms with E-state index in [2.05, 4.69) is 27.3 Å². The van der Waals surface area contributed by atoms with Crippen LogP contribution in [0.1, 0.15) is 23.5 Å². The lowest BCUT2D eigenvalue weighted by atomic mass is 10.0. The minimum absolute atomic E-state index is 0.148. The molecule has 0 saturated carbocycles. The molecule has 0 bridgehead atoms. The summed E-state index contributed by atoms with van der Waals surface area (Å²) in [6, 6.07) is 27.4. The van der Waals surface area contributed by atoms with E-state index in [0.717, 1.165) is 27.1 Å². The summed E-state index contributed by atoms with van der Waals surface area (Å²) in [7, 11) is 0. The van der Waals surface area contributed by atoms with Gasteiger partial charge < -0.3 is 14.6 Å². The summed E-state index contributed by atoms with van der Waals surface area (Å²) >= 11 is 13.4. The Kier molecular flexibility index (Phi) is 5.68. The molecule has 31 heavy (non-hydrogen) atoms. The van der Waals surface area contributed by atoms with Crippen LogP contribution in [0.4, 0.5) is 5.69 Å². The first-order valence-electron chi connectivity index (χ1n) is 9.78. The highest BCUT2D eigenvalue weighted by Crippen LogP contribution is 2.43. The van der Waals surface area contributed by atoms with Crippen molar-refractivity contribution in [3.63, 3.8) is 0 Å². The van der Waals surface area contributed by atoms with Crippen LogP contribution in [0.15, 0.2) is 106 Å². The summed E-state index contributed by atoms with van der Waals surface area (Å²) in [6.45, 7) is 0. The Bertz CT molecular complexity index is 1180. The Hall–Kier alpha value is -2.80. The van der Waals surface area contributed by atoms with Crippen LogP contribution in [-0.4, -0.2) is 10.1 Å². The second-order valence-electron chi connectivity index (χ2n) is 7.04. The molecule has 1 aliphatic heterocycles. The van der Waals surface area contributed by atoms with E-state index in [1.54, 1.807) is 18.0 Å². The highest BCUT2D eigenvalue weighted by Gasteiger charge is 2.42. The molecule has 4 nitrogen and oxygen atoms in total. The van der Waals surface area contributed by atoms with Crippen molar-refractivity contribution in [2.24, 2.45) is 0 Å². The van der Waals surface area contributed by atoms with Gasteiger partial charge >= 0.3 is 0 Å². The number of benzene rings is 2. The number of nitrogens with zero attached hydrogens (tertiary/aromatic N) is 2. The number of hydrogen-bond acceptors (Lipinski definition) is 4. The molecule has 0 aliphatic carbocycles. The Morgan fingerprint density at radius 3 is 2.45 bits per heavy atom. The maximum atomic E-state index is 6.31. The standard InChI is InChI=1S/C24H18ClN3OS2/c25-16-9-11-17(12-10-16)28-23(22(27-24(28)30)19-8-4-5-15-26-19)20-13-14-21(29-20)31-18-6-2-1-3-7-18/h1-15,22-23H,(H,27,30)/t22-,23-/m1/s1. The zero-order chi connectivity index (χ0) is 21.2. The van der Waals surface area contributed by atoms with Gasteiger partial charge in [0, 0.05) is 21.8 Å². The number of halogens is 1. The molecule has 0 amide bonds. The van der Waals surface area contributed by atoms with E-state index in [4.69, 9.17) is 28.2 Å². The number of rotatable bonds is 5. The van der Waals surface area contributed by atoms with Crippen LogP contribution in [0.25, 0.3) is 0 Å². The molecular formula is C24H18ClN3OS2. The number of nitrogens with one attached hydrogen (secondary N) is 1. The van der Waals surface area contributed by atoms with E-state index in [1.165, 1.54) is 0 Å². The molecule has 1 fully saturated rings. The predicted octanol–water partition coefficient (Wildman–Crippen LogP) is 6.66. The van der Waals surface area contributed by atoms with Crippen LogP contribution < -0.4 is 10.2 Å². The Morgan fingerprint density at radius 2 is 1.71 bits per heavy atom. The molecule has 2 aromatic heterocycles. The van der Waals surface area contributed by atoms with Crippen molar-refractivity contribution < 1.29 is 4.42 Å². The molecule has 1 N–H and O–H groups in total. The summed E-state index contributed by atoms with van der Waals surface area (Å²) in [5, 5.41) is 5.57. The van der Waals surface area contributed by atoms with Crippen molar-refractivity contribution in [2.75, 3.05) is 4.90 Å². The average Bonchev–Trinajstić information content (AvgIpc) is 3.40. The Labute approximate surface area is 195 Å². The van der Waals surface area contributed by atoms with Crippen LogP contribution in [0.5, 0.6) is 0 Å². The van der Waals surface area contributed by atoms with E-state index in [-0.39, 0.29) is 12.1 Å². The van der Waals surface area contributed by atoms with Crippen molar-refractivity contribution in [1.29, 1.82) is 0 Å². The molecule has 1 aliphatic rings. The van der Waals surface area contributed by atoms with Crippen LogP contribution >= 0.6 is 35.6 Å². The predicted molar refractivity (Wildman–Crippen MR) is 129 cm³/mol. The third kappa shape index (κ3) is 4.19. The SMILES string of the molecule is S=C1N[C@H](c2ccccn2)[C@@H](c2ccc(Sc3ccccc3)o2)N1c1ccc(Cl)cc1. The third-order valence-electron chi connectivity index (χ3n) is 5.06. The maximum absolute atomic E-state index is 6.31. The average molecular weight is 464 g/mol. The van der Waals surface area contributed by atoms with Crippen LogP contribution in [0, 0.1) is 0 Å². The van der Waals surface area contributed by atoms with Gasteiger partial charge in [-0.25, -0.2) is 0 Å². The maximum Gasteiger partial charge on any atom is 0.174 e. The molecular weight excluding hydrogens is 446 g/mol. The van der Waals surface area contributed by atoms with Gasteiger partial charge in [-0.15, -0.1) is 0 Å². The van der Waals surface area contributed by atoms with Gasteiger partial charge in [0.2, 0.25) is 0 Å². The highest BCUT2D eigenvalue weighted by atomic mass is 35.5. The molecule has 7 heteroatoms. The molecule has 2 atom stereocenters. The number of hydrogen-bond donors (Lipinski definition) is 1.